The maximum atomic E-state index is 5.01. The molecule has 0 atom stereocenters. The lowest BCUT2D eigenvalue weighted by molar-refractivity contribution is 0.109. The van der Waals surface area contributed by atoms with Crippen molar-refractivity contribution in [1.29, 1.82) is 0 Å². The smallest absolute Gasteiger partial charge is 0.112 e. The van der Waals surface area contributed by atoms with Crippen LogP contribution in [-0.2, 0) is 4.74 Å². The number of nitrogens with one attached hydrogen (secondary N) is 1. The van der Waals surface area contributed by atoms with Gasteiger partial charge in [-0.15, -0.1) is 5.79 Å². The van der Waals surface area contributed by atoms with E-state index in [1.165, 1.54) is 0 Å². The minimum atomic E-state index is 0.889. The summed E-state index contributed by atoms with van der Waals surface area (Å²) in [5, 5.41) is 3.16. The van der Waals surface area contributed by atoms with E-state index in [2.05, 4.69) is 21.6 Å². The van der Waals surface area contributed by atoms with Gasteiger partial charge in [0.25, 0.3) is 0 Å². The molecule has 2 nitrogen and oxygen atoms in total. The Bertz CT molecular complexity index is 27.9. The normalized spacial score (nSPS) is 18.6. The Kier molecular flexibility index (Phi) is 7.87. The number of hydrogen-bond donors (Lipinski definition) is 1. The lowest BCUT2D eigenvalue weighted by Crippen LogP contribution is -2.30. The monoisotopic (exact) mass is 129 g/mol. The fourth-order valence-electron chi connectivity index (χ4n) is 0.516. The molecule has 1 rings (SSSR count). The van der Waals surface area contributed by atoms with E-state index in [0.717, 1.165) is 26.3 Å². The van der Waals surface area contributed by atoms with E-state index in [4.69, 9.17) is 4.74 Å². The van der Waals surface area contributed by atoms with Crippen molar-refractivity contribution < 1.29 is 4.74 Å². The molecule has 46 valence electrons. The van der Waals surface area contributed by atoms with Gasteiger partial charge in [0.2, 0.25) is 0 Å². The van der Waals surface area contributed by atoms with Gasteiger partial charge in [0.1, 0.15) is 16.3 Å². The first-order valence-corrected chi connectivity index (χ1v) is 4.02. The van der Waals surface area contributed by atoms with Crippen LogP contribution < -0.4 is 5.32 Å². The average molecular weight is 129 g/mol. The van der Waals surface area contributed by atoms with E-state index in [9.17, 15) is 0 Å². The van der Waals surface area contributed by atoms with Crippen molar-refractivity contribution in [3.8, 4) is 0 Å². The Morgan fingerprint density at radius 2 is 1.75 bits per heavy atom. The summed E-state index contributed by atoms with van der Waals surface area (Å²) in [7, 11) is 0. The van der Waals surface area contributed by atoms with Crippen LogP contribution in [0.15, 0.2) is 0 Å². The van der Waals surface area contributed by atoms with Crippen molar-refractivity contribution in [2.75, 3.05) is 26.3 Å². The van der Waals surface area contributed by atoms with Gasteiger partial charge in [-0.2, -0.15) is 0 Å². The van der Waals surface area contributed by atoms with E-state index in [-0.39, 0.29) is 0 Å². The molecule has 0 spiro atoms. The van der Waals surface area contributed by atoms with Crippen molar-refractivity contribution in [1.82, 2.24) is 5.32 Å². The average Bonchev–Trinajstić information content (AvgIpc) is 1.96. The highest BCUT2D eigenvalue weighted by atomic mass is 27.0. The predicted molar refractivity (Wildman–Crippen MR) is 35.3 cm³/mol. The molecule has 0 aliphatic carbocycles. The zero-order valence-corrected chi connectivity index (χ0v) is 6.47. The van der Waals surface area contributed by atoms with Crippen LogP contribution in [0.2, 0.25) is 5.79 Å². The van der Waals surface area contributed by atoms with Crippen LogP contribution in [0, 0.1) is 0 Å². The van der Waals surface area contributed by atoms with E-state index < -0.39 is 0 Å². The van der Waals surface area contributed by atoms with Crippen LogP contribution in [0.1, 0.15) is 0 Å². The third-order valence-corrected chi connectivity index (χ3v) is 0.846. The van der Waals surface area contributed by atoms with Gasteiger partial charge in [-0.25, -0.2) is 0 Å². The maximum absolute atomic E-state index is 5.01. The Labute approximate surface area is 59.0 Å². The molecule has 3 heteroatoms. The van der Waals surface area contributed by atoms with E-state index in [1.54, 1.807) is 0 Å². The fourth-order valence-corrected chi connectivity index (χ4v) is 0.516. The van der Waals surface area contributed by atoms with Crippen molar-refractivity contribution in [3.63, 3.8) is 0 Å². The molecule has 1 aliphatic heterocycles. The van der Waals surface area contributed by atoms with Gasteiger partial charge in [0.15, 0.2) is 0 Å². The SMILES string of the molecule is C1COCCN1.[CH3][Al]. The molecule has 1 fully saturated rings. The van der Waals surface area contributed by atoms with Crippen LogP contribution >= 0.6 is 0 Å². The fraction of sp³-hybridized carbons (Fsp3) is 1.00. The summed E-state index contributed by atoms with van der Waals surface area (Å²) >= 11 is 2.42. The summed E-state index contributed by atoms with van der Waals surface area (Å²) in [6.07, 6.45) is 0. The number of ether oxygens (including phenoxy) is 1. The Morgan fingerprint density at radius 3 is 1.88 bits per heavy atom. The molecule has 0 unspecified atom stereocenters. The molecule has 1 aliphatic rings. The van der Waals surface area contributed by atoms with Crippen LogP contribution in [0.4, 0.5) is 0 Å². The van der Waals surface area contributed by atoms with Crippen LogP contribution in [-0.4, -0.2) is 42.6 Å². The summed E-state index contributed by atoms with van der Waals surface area (Å²) in [5.74, 6) is 1.92. The molecule has 1 saturated heterocycles. The van der Waals surface area contributed by atoms with Crippen LogP contribution in [0.5, 0.6) is 0 Å². The van der Waals surface area contributed by atoms with Crippen molar-refractivity contribution in [2.45, 2.75) is 5.79 Å². The number of hydrogen-bond acceptors (Lipinski definition) is 2. The van der Waals surface area contributed by atoms with Gasteiger partial charge in [-0.1, -0.05) is 0 Å². The highest BCUT2D eigenvalue weighted by Crippen LogP contribution is 1.76. The van der Waals surface area contributed by atoms with E-state index in [0.29, 0.717) is 0 Å². The summed E-state index contributed by atoms with van der Waals surface area (Å²) < 4.78 is 5.01. The topological polar surface area (TPSA) is 21.3 Å². The van der Waals surface area contributed by atoms with Gasteiger partial charge in [0, 0.05) is 13.1 Å². The van der Waals surface area contributed by atoms with Gasteiger partial charge in [-0.05, 0) is 0 Å². The summed E-state index contributed by atoms with van der Waals surface area (Å²) in [6, 6.07) is 0. The largest absolute Gasteiger partial charge is 0.379 e. The minimum Gasteiger partial charge on any atom is -0.379 e. The van der Waals surface area contributed by atoms with Crippen molar-refractivity contribution >= 4 is 16.3 Å². The first-order valence-electron chi connectivity index (χ1n) is 2.86. The molecule has 1 heterocycles. The van der Waals surface area contributed by atoms with Gasteiger partial charge in [-0.3, -0.25) is 0 Å². The van der Waals surface area contributed by atoms with Crippen LogP contribution in [0.25, 0.3) is 0 Å². The molecule has 0 bridgehead atoms. The molecule has 0 aromatic heterocycles. The molecule has 1 N–H and O–H groups in total. The molecule has 2 radical (unpaired) electrons. The molecule has 0 aromatic rings. The summed E-state index contributed by atoms with van der Waals surface area (Å²) in [6.45, 7) is 3.83. The third-order valence-electron chi connectivity index (χ3n) is 0.846. The second kappa shape index (κ2) is 7.45. The first-order chi connectivity index (χ1) is 4.00. The maximum Gasteiger partial charge on any atom is 0.112 e. The number of rotatable bonds is 0. The summed E-state index contributed by atoms with van der Waals surface area (Å²) in [4.78, 5) is 0. The van der Waals surface area contributed by atoms with Gasteiger partial charge >= 0.3 is 0 Å². The number of morpholine rings is 1. The van der Waals surface area contributed by atoms with Crippen LogP contribution in [0.3, 0.4) is 0 Å². The molecule has 0 saturated carbocycles. The molecule has 0 aromatic carbocycles. The third kappa shape index (κ3) is 4.61. The van der Waals surface area contributed by atoms with Crippen molar-refractivity contribution in [3.05, 3.63) is 0 Å². The first kappa shape index (κ1) is 8.45. The Balaban J connectivity index is 0.000000222. The lowest BCUT2D eigenvalue weighted by Gasteiger charge is -2.10. The zero-order valence-electron chi connectivity index (χ0n) is 5.31. The summed E-state index contributed by atoms with van der Waals surface area (Å²) in [5.41, 5.74) is 0. The van der Waals surface area contributed by atoms with E-state index in [1.807, 2.05) is 5.79 Å². The van der Waals surface area contributed by atoms with E-state index >= 15 is 0 Å². The predicted octanol–water partition coefficient (Wildman–Crippen LogP) is -0.191. The Hall–Kier alpha value is 0.452. The highest BCUT2D eigenvalue weighted by molar-refractivity contribution is 6.05. The molecule has 0 amide bonds. The molecular weight excluding hydrogens is 117 g/mol. The van der Waals surface area contributed by atoms with Crippen molar-refractivity contribution in [2.24, 2.45) is 0 Å². The lowest BCUT2D eigenvalue weighted by atomic mass is 10.5. The molecule has 8 heavy (non-hydrogen) atoms. The second-order valence-electron chi connectivity index (χ2n) is 1.36. The quantitative estimate of drug-likeness (QED) is 0.458. The second-order valence-corrected chi connectivity index (χ2v) is 1.36. The Morgan fingerprint density at radius 1 is 1.25 bits per heavy atom. The highest BCUT2D eigenvalue weighted by Gasteiger charge is 1.92. The molecular formula is C5H12AlNO. The van der Waals surface area contributed by atoms with Gasteiger partial charge in [0.05, 0.1) is 13.2 Å². The standard InChI is InChI=1S/C4H9NO.CH3.Al/c1-3-6-4-2-5-1;;/h5H,1-4H2;1H3;. The zero-order chi connectivity index (χ0) is 6.24. The minimum absolute atomic E-state index is 0.889. The van der Waals surface area contributed by atoms with Gasteiger partial charge < -0.3 is 10.1 Å².